The van der Waals surface area contributed by atoms with Crippen LogP contribution >= 0.6 is 11.3 Å². The lowest BCUT2D eigenvalue weighted by Gasteiger charge is -2.08. The highest BCUT2D eigenvalue weighted by atomic mass is 32.1. The first-order valence-electron chi connectivity index (χ1n) is 5.63. The van der Waals surface area contributed by atoms with Crippen molar-refractivity contribution in [2.24, 2.45) is 0 Å². The SMILES string of the molecule is COc1ccc(O)c(-c2cccc3ccsc23)c1. The zero-order chi connectivity index (χ0) is 12.5. The van der Waals surface area contributed by atoms with Crippen LogP contribution in [0, 0.1) is 0 Å². The summed E-state index contributed by atoms with van der Waals surface area (Å²) >= 11 is 1.68. The van der Waals surface area contributed by atoms with E-state index in [1.807, 2.05) is 18.2 Å². The molecule has 3 heteroatoms. The highest BCUT2D eigenvalue weighted by Gasteiger charge is 2.10. The highest BCUT2D eigenvalue weighted by Crippen LogP contribution is 2.38. The normalized spacial score (nSPS) is 10.7. The van der Waals surface area contributed by atoms with Gasteiger partial charge in [0.25, 0.3) is 0 Å². The minimum Gasteiger partial charge on any atom is -0.507 e. The molecule has 1 N–H and O–H groups in total. The van der Waals surface area contributed by atoms with E-state index in [0.29, 0.717) is 0 Å². The predicted octanol–water partition coefficient (Wildman–Crippen LogP) is 4.28. The quantitative estimate of drug-likeness (QED) is 0.741. The Kier molecular flexibility index (Phi) is 2.68. The molecule has 0 aliphatic carbocycles. The van der Waals surface area contributed by atoms with E-state index in [0.717, 1.165) is 16.9 Å². The van der Waals surface area contributed by atoms with E-state index in [1.165, 1.54) is 10.1 Å². The lowest BCUT2D eigenvalue weighted by Crippen LogP contribution is -1.85. The molecule has 0 bridgehead atoms. The molecule has 0 spiro atoms. The van der Waals surface area contributed by atoms with Gasteiger partial charge in [0, 0.05) is 15.8 Å². The molecule has 0 aliphatic rings. The molecule has 0 radical (unpaired) electrons. The molecule has 0 amide bonds. The molecular weight excluding hydrogens is 244 g/mol. The average Bonchev–Trinajstić information content (AvgIpc) is 2.87. The van der Waals surface area contributed by atoms with Crippen molar-refractivity contribution < 1.29 is 9.84 Å². The first kappa shape index (κ1) is 11.1. The second-order valence-electron chi connectivity index (χ2n) is 4.03. The molecule has 0 fully saturated rings. The zero-order valence-electron chi connectivity index (χ0n) is 9.88. The predicted molar refractivity (Wildman–Crippen MR) is 75.5 cm³/mol. The summed E-state index contributed by atoms with van der Waals surface area (Å²) in [6.07, 6.45) is 0. The van der Waals surface area contributed by atoms with Gasteiger partial charge in [-0.2, -0.15) is 0 Å². The van der Waals surface area contributed by atoms with Gasteiger partial charge in [-0.05, 0) is 35.0 Å². The fourth-order valence-electron chi connectivity index (χ4n) is 2.06. The Labute approximate surface area is 109 Å². The number of aromatic hydroxyl groups is 1. The minimum absolute atomic E-state index is 0.275. The fourth-order valence-corrected chi connectivity index (χ4v) is 2.99. The summed E-state index contributed by atoms with van der Waals surface area (Å²) < 4.78 is 6.40. The van der Waals surface area contributed by atoms with Crippen LogP contribution in [0.4, 0.5) is 0 Å². The second kappa shape index (κ2) is 4.35. The van der Waals surface area contributed by atoms with Crippen molar-refractivity contribution >= 4 is 21.4 Å². The second-order valence-corrected chi connectivity index (χ2v) is 4.94. The van der Waals surface area contributed by atoms with Gasteiger partial charge >= 0.3 is 0 Å². The van der Waals surface area contributed by atoms with Crippen LogP contribution in [0.25, 0.3) is 21.2 Å². The number of rotatable bonds is 2. The summed E-state index contributed by atoms with van der Waals surface area (Å²) in [5.74, 6) is 1.02. The maximum atomic E-state index is 10.0. The number of benzene rings is 2. The van der Waals surface area contributed by atoms with Crippen LogP contribution in [0.3, 0.4) is 0 Å². The number of phenolic OH excluding ortho intramolecular Hbond substituents is 1. The molecule has 0 aliphatic heterocycles. The number of hydrogen-bond acceptors (Lipinski definition) is 3. The molecule has 3 rings (SSSR count). The minimum atomic E-state index is 0.275. The maximum absolute atomic E-state index is 10.0. The van der Waals surface area contributed by atoms with Gasteiger partial charge in [-0.15, -0.1) is 11.3 Å². The van der Waals surface area contributed by atoms with Crippen LogP contribution in [-0.4, -0.2) is 12.2 Å². The van der Waals surface area contributed by atoms with Crippen LogP contribution in [0.1, 0.15) is 0 Å². The van der Waals surface area contributed by atoms with Crippen LogP contribution in [0.15, 0.2) is 47.8 Å². The van der Waals surface area contributed by atoms with Gasteiger partial charge in [0.05, 0.1) is 7.11 Å². The fraction of sp³-hybridized carbons (Fsp3) is 0.0667. The third-order valence-electron chi connectivity index (χ3n) is 2.97. The summed E-state index contributed by atoms with van der Waals surface area (Å²) in [6, 6.07) is 13.5. The van der Waals surface area contributed by atoms with Crippen molar-refractivity contribution in [1.82, 2.24) is 0 Å². The molecule has 1 aromatic heterocycles. The Morgan fingerprint density at radius 3 is 2.78 bits per heavy atom. The molecule has 2 nitrogen and oxygen atoms in total. The summed E-state index contributed by atoms with van der Waals surface area (Å²) in [4.78, 5) is 0. The molecule has 2 aromatic carbocycles. The summed E-state index contributed by atoms with van der Waals surface area (Å²) in [7, 11) is 1.63. The molecule has 0 atom stereocenters. The lowest BCUT2D eigenvalue weighted by molar-refractivity contribution is 0.412. The van der Waals surface area contributed by atoms with Crippen molar-refractivity contribution in [3.63, 3.8) is 0 Å². The van der Waals surface area contributed by atoms with Crippen molar-refractivity contribution in [2.45, 2.75) is 0 Å². The van der Waals surface area contributed by atoms with E-state index in [9.17, 15) is 5.11 Å². The molecule has 1 heterocycles. The monoisotopic (exact) mass is 256 g/mol. The Morgan fingerprint density at radius 2 is 1.94 bits per heavy atom. The molecule has 90 valence electrons. The van der Waals surface area contributed by atoms with Gasteiger partial charge in [0.15, 0.2) is 0 Å². The average molecular weight is 256 g/mol. The number of ether oxygens (including phenoxy) is 1. The van der Waals surface area contributed by atoms with E-state index in [4.69, 9.17) is 4.74 Å². The van der Waals surface area contributed by atoms with Crippen molar-refractivity contribution in [1.29, 1.82) is 0 Å². The van der Waals surface area contributed by atoms with Gasteiger partial charge in [-0.25, -0.2) is 0 Å². The van der Waals surface area contributed by atoms with Gasteiger partial charge in [0.2, 0.25) is 0 Å². The van der Waals surface area contributed by atoms with Crippen molar-refractivity contribution in [3.8, 4) is 22.6 Å². The van der Waals surface area contributed by atoms with Gasteiger partial charge in [0.1, 0.15) is 11.5 Å². The third kappa shape index (κ3) is 1.73. The zero-order valence-corrected chi connectivity index (χ0v) is 10.7. The summed E-state index contributed by atoms with van der Waals surface area (Å²) in [6.45, 7) is 0. The Bertz CT molecular complexity index is 701. The van der Waals surface area contributed by atoms with Crippen molar-refractivity contribution in [3.05, 3.63) is 47.8 Å². The van der Waals surface area contributed by atoms with Crippen LogP contribution in [0.2, 0.25) is 0 Å². The largest absolute Gasteiger partial charge is 0.507 e. The number of phenols is 1. The molecule has 0 saturated heterocycles. The topological polar surface area (TPSA) is 29.5 Å². The smallest absolute Gasteiger partial charge is 0.123 e. The van der Waals surface area contributed by atoms with Crippen LogP contribution < -0.4 is 4.74 Å². The van der Waals surface area contributed by atoms with Crippen molar-refractivity contribution in [2.75, 3.05) is 7.11 Å². The third-order valence-corrected chi connectivity index (χ3v) is 3.94. The number of thiophene rings is 1. The molecule has 3 aromatic rings. The maximum Gasteiger partial charge on any atom is 0.123 e. The van der Waals surface area contributed by atoms with E-state index < -0.39 is 0 Å². The Morgan fingerprint density at radius 1 is 1.06 bits per heavy atom. The van der Waals surface area contributed by atoms with E-state index in [1.54, 1.807) is 30.6 Å². The van der Waals surface area contributed by atoms with E-state index in [-0.39, 0.29) is 5.75 Å². The highest BCUT2D eigenvalue weighted by molar-refractivity contribution is 7.17. The molecular formula is C15H12O2S. The Balaban J connectivity index is 2.28. The number of fused-ring (bicyclic) bond motifs is 1. The van der Waals surface area contributed by atoms with Gasteiger partial charge in [-0.3, -0.25) is 0 Å². The first-order valence-corrected chi connectivity index (χ1v) is 6.51. The van der Waals surface area contributed by atoms with Crippen LogP contribution in [0.5, 0.6) is 11.5 Å². The summed E-state index contributed by atoms with van der Waals surface area (Å²) in [5.41, 5.74) is 1.85. The van der Waals surface area contributed by atoms with Crippen LogP contribution in [-0.2, 0) is 0 Å². The standard InChI is InChI=1S/C15H12O2S/c1-17-11-5-6-14(16)13(9-11)12-4-2-3-10-7-8-18-15(10)12/h2-9,16H,1H3. The summed E-state index contributed by atoms with van der Waals surface area (Å²) in [5, 5.41) is 13.3. The van der Waals surface area contributed by atoms with E-state index >= 15 is 0 Å². The van der Waals surface area contributed by atoms with Gasteiger partial charge in [-0.1, -0.05) is 18.2 Å². The molecule has 0 saturated carbocycles. The molecule has 18 heavy (non-hydrogen) atoms. The van der Waals surface area contributed by atoms with Gasteiger partial charge < -0.3 is 9.84 Å². The Hall–Kier alpha value is -2.00. The molecule has 0 unspecified atom stereocenters. The first-order chi connectivity index (χ1) is 8.79. The lowest BCUT2D eigenvalue weighted by atomic mass is 10.0. The van der Waals surface area contributed by atoms with E-state index in [2.05, 4.69) is 17.5 Å². The number of methoxy groups -OCH3 is 1. The number of hydrogen-bond donors (Lipinski definition) is 1.